The van der Waals surface area contributed by atoms with Gasteiger partial charge in [0.25, 0.3) is 0 Å². The maximum Gasteiger partial charge on any atom is 0.142 e. The highest BCUT2D eigenvalue weighted by atomic mass is 19.1. The normalized spacial score (nSPS) is 30.6. The van der Waals surface area contributed by atoms with E-state index in [1.165, 1.54) is 0 Å². The van der Waals surface area contributed by atoms with E-state index >= 15 is 0 Å². The van der Waals surface area contributed by atoms with Gasteiger partial charge in [-0.05, 0) is 0 Å². The van der Waals surface area contributed by atoms with Gasteiger partial charge in [-0.15, -0.1) is 0 Å². The number of halogens is 1. The first-order chi connectivity index (χ1) is 3.80. The van der Waals surface area contributed by atoms with Crippen LogP contribution in [-0.4, -0.2) is 25.1 Å². The van der Waals surface area contributed by atoms with E-state index in [2.05, 4.69) is 0 Å². The van der Waals surface area contributed by atoms with Gasteiger partial charge in [-0.3, -0.25) is 0 Å². The Morgan fingerprint density at radius 2 is 2.50 bits per heavy atom. The third-order valence-electron chi connectivity index (χ3n) is 1.15. The molecule has 1 N–H and O–H groups in total. The minimum Gasteiger partial charge on any atom is -0.375 e. The zero-order valence-corrected chi connectivity index (χ0v) is 4.48. The van der Waals surface area contributed by atoms with E-state index in [1.54, 1.807) is 0 Å². The summed E-state index contributed by atoms with van der Waals surface area (Å²) in [5, 5.41) is 6.89. The fraction of sp³-hybridized carbons (Fsp3) is 0.800. The highest BCUT2D eigenvalue weighted by molar-refractivity contribution is 5.87. The van der Waals surface area contributed by atoms with Crippen molar-refractivity contribution in [2.24, 2.45) is 0 Å². The van der Waals surface area contributed by atoms with Crippen molar-refractivity contribution in [1.82, 2.24) is 0 Å². The first-order valence-corrected chi connectivity index (χ1v) is 2.60. The van der Waals surface area contributed by atoms with Gasteiger partial charge in [-0.2, -0.15) is 0 Å². The highest BCUT2D eigenvalue weighted by Gasteiger charge is 2.17. The van der Waals surface area contributed by atoms with E-state index in [1.807, 2.05) is 0 Å². The summed E-state index contributed by atoms with van der Waals surface area (Å²) in [5.74, 6) is 0. The summed E-state index contributed by atoms with van der Waals surface area (Å²) in [7, 11) is 0. The molecule has 1 saturated heterocycles. The van der Waals surface area contributed by atoms with Crippen LogP contribution in [0.2, 0.25) is 0 Å². The average molecular weight is 117 g/mol. The second-order valence-electron chi connectivity index (χ2n) is 1.83. The molecule has 1 aliphatic rings. The number of hydrogen-bond donors (Lipinski definition) is 1. The van der Waals surface area contributed by atoms with Crippen molar-refractivity contribution in [2.45, 2.75) is 12.6 Å². The molecule has 0 amide bonds. The van der Waals surface area contributed by atoms with Crippen molar-refractivity contribution in [2.75, 3.05) is 13.2 Å². The Labute approximate surface area is 47.2 Å². The third-order valence-corrected chi connectivity index (χ3v) is 1.15. The second kappa shape index (κ2) is 2.22. The zero-order chi connectivity index (χ0) is 5.98. The van der Waals surface area contributed by atoms with Crippen molar-refractivity contribution in [3.05, 3.63) is 0 Å². The lowest BCUT2D eigenvalue weighted by Crippen LogP contribution is -2.27. The number of nitrogens with one attached hydrogen (secondary N) is 1. The van der Waals surface area contributed by atoms with E-state index < -0.39 is 6.17 Å². The largest absolute Gasteiger partial charge is 0.375 e. The van der Waals surface area contributed by atoms with Crippen LogP contribution in [0, 0.1) is 5.41 Å². The fourth-order valence-corrected chi connectivity index (χ4v) is 0.634. The number of alkyl halides is 1. The van der Waals surface area contributed by atoms with Gasteiger partial charge in [0.05, 0.1) is 18.9 Å². The Morgan fingerprint density at radius 3 is 2.88 bits per heavy atom. The summed E-state index contributed by atoms with van der Waals surface area (Å²) < 4.78 is 17.1. The quantitative estimate of drug-likeness (QED) is 0.499. The van der Waals surface area contributed by atoms with Crippen LogP contribution >= 0.6 is 0 Å². The van der Waals surface area contributed by atoms with Gasteiger partial charge >= 0.3 is 0 Å². The number of hydrogen-bond acceptors (Lipinski definition) is 2. The molecule has 2 nitrogen and oxygen atoms in total. The molecule has 0 aromatic heterocycles. The predicted molar refractivity (Wildman–Crippen MR) is 28.1 cm³/mol. The molecule has 8 heavy (non-hydrogen) atoms. The van der Waals surface area contributed by atoms with Crippen LogP contribution in [0.1, 0.15) is 6.42 Å². The van der Waals surface area contributed by atoms with Crippen molar-refractivity contribution in [3.8, 4) is 0 Å². The summed E-state index contributed by atoms with van der Waals surface area (Å²) in [5.41, 5.74) is 0.0799. The lowest BCUT2D eigenvalue weighted by Gasteiger charge is -2.15. The van der Waals surface area contributed by atoms with Crippen LogP contribution in [0.25, 0.3) is 0 Å². The average Bonchev–Trinajstić information content (AvgIpc) is 1.77. The minimum absolute atomic E-state index is 0.0799. The van der Waals surface area contributed by atoms with Gasteiger partial charge < -0.3 is 10.1 Å². The summed E-state index contributed by atoms with van der Waals surface area (Å²) in [6.07, 6.45) is -0.678. The minimum atomic E-state index is -1.04. The molecule has 46 valence electrons. The number of rotatable bonds is 0. The van der Waals surface area contributed by atoms with Crippen molar-refractivity contribution < 1.29 is 9.13 Å². The molecule has 0 aliphatic carbocycles. The Hall–Kier alpha value is -0.440. The predicted octanol–water partition coefficient (Wildman–Crippen LogP) is 0.765. The van der Waals surface area contributed by atoms with Gasteiger partial charge in [0.2, 0.25) is 0 Å². The zero-order valence-electron chi connectivity index (χ0n) is 4.48. The molecule has 1 atom stereocenters. The van der Waals surface area contributed by atoms with E-state index in [0.717, 1.165) is 0 Å². The van der Waals surface area contributed by atoms with Gasteiger partial charge in [0.1, 0.15) is 6.17 Å². The molecule has 0 aromatic carbocycles. The Morgan fingerprint density at radius 1 is 1.75 bits per heavy atom. The number of ether oxygens (including phenoxy) is 1. The smallest absolute Gasteiger partial charge is 0.142 e. The second-order valence-corrected chi connectivity index (χ2v) is 1.83. The molecule has 0 saturated carbocycles. The molecular formula is C5H8FNO. The van der Waals surface area contributed by atoms with Gasteiger partial charge in [0.15, 0.2) is 0 Å². The van der Waals surface area contributed by atoms with Crippen molar-refractivity contribution in [3.63, 3.8) is 0 Å². The van der Waals surface area contributed by atoms with Gasteiger partial charge in [0, 0.05) is 6.42 Å². The topological polar surface area (TPSA) is 33.1 Å². The summed E-state index contributed by atoms with van der Waals surface area (Å²) in [4.78, 5) is 0. The van der Waals surface area contributed by atoms with Crippen LogP contribution in [0.5, 0.6) is 0 Å². The van der Waals surface area contributed by atoms with Gasteiger partial charge in [-0.1, -0.05) is 0 Å². The van der Waals surface area contributed by atoms with E-state index in [4.69, 9.17) is 10.1 Å². The molecule has 1 unspecified atom stereocenters. The molecule has 1 heterocycles. The van der Waals surface area contributed by atoms with Crippen LogP contribution in [0.3, 0.4) is 0 Å². The Balaban J connectivity index is 2.39. The molecule has 3 heteroatoms. The van der Waals surface area contributed by atoms with Crippen molar-refractivity contribution >= 4 is 5.71 Å². The maximum absolute atomic E-state index is 12.3. The third kappa shape index (κ3) is 1.04. The monoisotopic (exact) mass is 117 g/mol. The van der Waals surface area contributed by atoms with Crippen LogP contribution in [-0.2, 0) is 4.74 Å². The van der Waals surface area contributed by atoms with Crippen LogP contribution in [0.4, 0.5) is 4.39 Å². The first kappa shape index (κ1) is 5.69. The summed E-state index contributed by atoms with van der Waals surface area (Å²) >= 11 is 0. The summed E-state index contributed by atoms with van der Waals surface area (Å²) in [6, 6.07) is 0. The van der Waals surface area contributed by atoms with E-state index in [9.17, 15) is 4.39 Å². The first-order valence-electron chi connectivity index (χ1n) is 2.60. The molecule has 0 spiro atoms. The van der Waals surface area contributed by atoms with Crippen LogP contribution in [0.15, 0.2) is 0 Å². The maximum atomic E-state index is 12.3. The lowest BCUT2D eigenvalue weighted by atomic mass is 10.1. The fourth-order valence-electron chi connectivity index (χ4n) is 0.634. The lowest BCUT2D eigenvalue weighted by molar-refractivity contribution is 0.125. The Bertz CT molecular complexity index is 105. The van der Waals surface area contributed by atoms with E-state index in [0.29, 0.717) is 13.0 Å². The molecule has 1 aliphatic heterocycles. The Kier molecular flexibility index (Phi) is 1.58. The van der Waals surface area contributed by atoms with Crippen molar-refractivity contribution in [1.29, 1.82) is 5.41 Å². The standard InChI is InChI=1S/C5H8FNO/c6-4-1-2-8-3-5(4)7/h4,7H,1-3H2. The highest BCUT2D eigenvalue weighted by Crippen LogP contribution is 2.05. The molecule has 1 fully saturated rings. The molecular weight excluding hydrogens is 109 g/mol. The molecule has 0 radical (unpaired) electrons. The van der Waals surface area contributed by atoms with Gasteiger partial charge in [-0.25, -0.2) is 4.39 Å². The molecule has 0 aromatic rings. The van der Waals surface area contributed by atoms with E-state index in [-0.39, 0.29) is 12.3 Å². The molecule has 1 rings (SSSR count). The SMILES string of the molecule is N=C1COCCC1F. The van der Waals surface area contributed by atoms with Crippen LogP contribution < -0.4 is 0 Å². The molecule has 0 bridgehead atoms. The summed E-state index contributed by atoms with van der Waals surface area (Å²) in [6.45, 7) is 0.644.